The first-order valence-corrected chi connectivity index (χ1v) is 11.2. The molecular weight excluding hydrogens is 320 g/mol. The zero-order valence-electron chi connectivity index (χ0n) is 15.5. The molecule has 2 rings (SSSR count). The molecule has 2 unspecified atom stereocenters. The number of nitrogens with zero attached hydrogens (tertiary/aromatic N) is 1. The molecule has 0 spiro atoms. The quantitative estimate of drug-likeness (QED) is 0.821. The highest BCUT2D eigenvalue weighted by Crippen LogP contribution is 2.38. The van der Waals surface area contributed by atoms with Crippen LogP contribution in [-0.2, 0) is 9.16 Å². The summed E-state index contributed by atoms with van der Waals surface area (Å²) in [5.41, 5.74) is 1.42. The number of anilines is 1. The van der Waals surface area contributed by atoms with E-state index < -0.39 is 8.32 Å². The topological polar surface area (TPSA) is 63.5 Å². The van der Waals surface area contributed by atoms with Gasteiger partial charge in [-0.2, -0.15) is 5.26 Å². The number of hydrogen-bond donors (Lipinski definition) is 1. The van der Waals surface area contributed by atoms with Crippen molar-refractivity contribution in [2.45, 2.75) is 51.0 Å². The van der Waals surface area contributed by atoms with Crippen LogP contribution in [0.1, 0.15) is 26.3 Å². The van der Waals surface area contributed by atoms with Crippen molar-refractivity contribution in [1.82, 2.24) is 0 Å². The maximum atomic E-state index is 9.16. The van der Waals surface area contributed by atoms with E-state index in [1.807, 2.05) is 12.1 Å². The first-order valence-electron chi connectivity index (χ1n) is 8.27. The number of ether oxygens (including phenoxy) is 2. The highest BCUT2D eigenvalue weighted by molar-refractivity contribution is 6.74. The SMILES string of the molecule is COc1cc(C#N)cc(NC2COCC2O[Si](C)(C)C(C)(C)C)c1. The van der Waals surface area contributed by atoms with Crippen LogP contribution in [-0.4, -0.2) is 40.8 Å². The fourth-order valence-corrected chi connectivity index (χ4v) is 3.76. The van der Waals surface area contributed by atoms with Crippen molar-refractivity contribution in [2.24, 2.45) is 0 Å². The molecule has 1 aromatic carbocycles. The predicted octanol–water partition coefficient (Wildman–Crippen LogP) is 3.77. The highest BCUT2D eigenvalue weighted by atomic mass is 28.4. The van der Waals surface area contributed by atoms with E-state index in [-0.39, 0.29) is 17.2 Å². The number of rotatable bonds is 5. The van der Waals surface area contributed by atoms with Crippen molar-refractivity contribution >= 4 is 14.0 Å². The Bertz CT molecular complexity index is 620. The molecule has 0 amide bonds. The van der Waals surface area contributed by atoms with Crippen molar-refractivity contribution in [3.8, 4) is 11.8 Å². The zero-order valence-corrected chi connectivity index (χ0v) is 16.5. The molecule has 1 aliphatic rings. The van der Waals surface area contributed by atoms with Crippen molar-refractivity contribution in [3.63, 3.8) is 0 Å². The molecule has 0 aromatic heterocycles. The number of benzene rings is 1. The molecule has 1 N–H and O–H groups in total. The summed E-state index contributed by atoms with van der Waals surface area (Å²) in [4.78, 5) is 0. The van der Waals surface area contributed by atoms with Crippen LogP contribution in [0.25, 0.3) is 0 Å². The maximum Gasteiger partial charge on any atom is 0.192 e. The fraction of sp³-hybridized carbons (Fsp3) is 0.611. The molecule has 1 fully saturated rings. The summed E-state index contributed by atoms with van der Waals surface area (Å²) in [6.45, 7) is 12.4. The van der Waals surface area contributed by atoms with Crippen LogP contribution in [0, 0.1) is 11.3 Å². The van der Waals surface area contributed by atoms with Crippen LogP contribution in [0.5, 0.6) is 5.75 Å². The van der Waals surface area contributed by atoms with E-state index in [0.29, 0.717) is 24.5 Å². The Morgan fingerprint density at radius 1 is 1.25 bits per heavy atom. The normalized spacial score (nSPS) is 21.4. The van der Waals surface area contributed by atoms with Gasteiger partial charge in [-0.15, -0.1) is 0 Å². The first-order chi connectivity index (χ1) is 11.2. The van der Waals surface area contributed by atoms with Gasteiger partial charge in [-0.25, -0.2) is 0 Å². The van der Waals surface area contributed by atoms with E-state index in [1.54, 1.807) is 13.2 Å². The van der Waals surface area contributed by atoms with Gasteiger partial charge in [0, 0.05) is 11.8 Å². The molecule has 132 valence electrons. The van der Waals surface area contributed by atoms with Gasteiger partial charge in [0.2, 0.25) is 0 Å². The zero-order chi connectivity index (χ0) is 18.0. The summed E-state index contributed by atoms with van der Waals surface area (Å²) in [5.74, 6) is 0.664. The molecule has 0 radical (unpaired) electrons. The fourth-order valence-electron chi connectivity index (χ4n) is 2.42. The number of nitriles is 1. The van der Waals surface area contributed by atoms with E-state index >= 15 is 0 Å². The summed E-state index contributed by atoms with van der Waals surface area (Å²) < 4.78 is 17.4. The van der Waals surface area contributed by atoms with Crippen molar-refractivity contribution in [2.75, 3.05) is 25.6 Å². The summed E-state index contributed by atoms with van der Waals surface area (Å²) in [7, 11) is -0.262. The lowest BCUT2D eigenvalue weighted by atomic mass is 10.1. The Balaban J connectivity index is 2.13. The van der Waals surface area contributed by atoms with E-state index in [2.05, 4.69) is 45.3 Å². The van der Waals surface area contributed by atoms with Gasteiger partial charge in [-0.1, -0.05) is 20.8 Å². The van der Waals surface area contributed by atoms with Crippen LogP contribution < -0.4 is 10.1 Å². The van der Waals surface area contributed by atoms with E-state index in [9.17, 15) is 0 Å². The third kappa shape index (κ3) is 4.29. The molecular formula is C18H28N2O3Si. The first kappa shape index (κ1) is 18.8. The van der Waals surface area contributed by atoms with E-state index in [1.165, 1.54) is 0 Å². The van der Waals surface area contributed by atoms with Gasteiger partial charge in [0.05, 0.1) is 44.1 Å². The lowest BCUT2D eigenvalue weighted by Crippen LogP contribution is -2.48. The van der Waals surface area contributed by atoms with Gasteiger partial charge < -0.3 is 19.2 Å². The Morgan fingerprint density at radius 3 is 2.54 bits per heavy atom. The monoisotopic (exact) mass is 348 g/mol. The summed E-state index contributed by atoms with van der Waals surface area (Å²) in [6, 6.07) is 7.67. The smallest absolute Gasteiger partial charge is 0.192 e. The Hall–Kier alpha value is -1.55. The summed E-state index contributed by atoms with van der Waals surface area (Å²) in [6.07, 6.45) is 0.0163. The predicted molar refractivity (Wildman–Crippen MR) is 98.0 cm³/mol. The molecule has 1 saturated heterocycles. The molecule has 1 aliphatic heterocycles. The molecule has 5 nitrogen and oxygen atoms in total. The molecule has 0 bridgehead atoms. The third-order valence-electron chi connectivity index (χ3n) is 4.90. The molecule has 0 aliphatic carbocycles. The number of hydrogen-bond acceptors (Lipinski definition) is 5. The van der Waals surface area contributed by atoms with Crippen LogP contribution in [0.2, 0.25) is 18.1 Å². The second-order valence-corrected chi connectivity index (χ2v) is 12.5. The number of nitrogens with one attached hydrogen (secondary N) is 1. The maximum absolute atomic E-state index is 9.16. The average Bonchev–Trinajstić information content (AvgIpc) is 2.92. The second-order valence-electron chi connectivity index (χ2n) is 7.77. The Labute approximate surface area is 146 Å². The minimum absolute atomic E-state index is 0.0163. The van der Waals surface area contributed by atoms with E-state index in [4.69, 9.17) is 19.2 Å². The minimum Gasteiger partial charge on any atom is -0.497 e. The van der Waals surface area contributed by atoms with Gasteiger partial charge in [-0.05, 0) is 30.3 Å². The molecule has 2 atom stereocenters. The minimum atomic E-state index is -1.86. The van der Waals surface area contributed by atoms with Crippen LogP contribution in [0.15, 0.2) is 18.2 Å². The van der Waals surface area contributed by atoms with Crippen LogP contribution in [0.4, 0.5) is 5.69 Å². The lowest BCUT2D eigenvalue weighted by Gasteiger charge is -2.39. The number of methoxy groups -OCH3 is 1. The van der Waals surface area contributed by atoms with Crippen LogP contribution in [0.3, 0.4) is 0 Å². The van der Waals surface area contributed by atoms with Crippen molar-refractivity contribution < 1.29 is 13.9 Å². The van der Waals surface area contributed by atoms with Crippen molar-refractivity contribution in [3.05, 3.63) is 23.8 Å². The van der Waals surface area contributed by atoms with Gasteiger partial charge >= 0.3 is 0 Å². The highest BCUT2D eigenvalue weighted by Gasteiger charge is 2.42. The third-order valence-corrected chi connectivity index (χ3v) is 9.41. The standard InChI is InChI=1S/C18H28N2O3Si/c1-18(2,3)24(5,6)23-17-12-22-11-16(17)20-14-7-13(10-19)8-15(9-14)21-4/h7-9,16-17,20H,11-12H2,1-6H3. The largest absolute Gasteiger partial charge is 0.497 e. The molecule has 1 aromatic rings. The summed E-state index contributed by atoms with van der Waals surface area (Å²) in [5, 5.41) is 12.8. The lowest BCUT2D eigenvalue weighted by molar-refractivity contribution is 0.131. The van der Waals surface area contributed by atoms with E-state index in [0.717, 1.165) is 5.69 Å². The second kappa shape index (κ2) is 7.14. The van der Waals surface area contributed by atoms with Gasteiger partial charge in [0.25, 0.3) is 0 Å². The van der Waals surface area contributed by atoms with Gasteiger partial charge in [-0.3, -0.25) is 0 Å². The van der Waals surface area contributed by atoms with Gasteiger partial charge in [0.15, 0.2) is 8.32 Å². The van der Waals surface area contributed by atoms with Crippen LogP contribution >= 0.6 is 0 Å². The molecule has 0 saturated carbocycles. The molecule has 24 heavy (non-hydrogen) atoms. The molecule has 6 heteroatoms. The summed E-state index contributed by atoms with van der Waals surface area (Å²) >= 11 is 0. The average molecular weight is 349 g/mol. The van der Waals surface area contributed by atoms with Gasteiger partial charge in [0.1, 0.15) is 5.75 Å². The molecule has 1 heterocycles. The Kier molecular flexibility index (Phi) is 5.58. The Morgan fingerprint density at radius 2 is 1.96 bits per heavy atom. The van der Waals surface area contributed by atoms with Crippen molar-refractivity contribution in [1.29, 1.82) is 5.26 Å².